The van der Waals surface area contributed by atoms with E-state index in [1.165, 1.54) is 0 Å². The Labute approximate surface area is 168 Å². The van der Waals surface area contributed by atoms with Gasteiger partial charge in [0.25, 0.3) is 5.91 Å². The number of amides is 2. The monoisotopic (exact) mass is 403 g/mol. The van der Waals surface area contributed by atoms with Gasteiger partial charge in [0, 0.05) is 6.54 Å². The average molecular weight is 404 g/mol. The lowest BCUT2D eigenvalue weighted by Crippen LogP contribution is -2.30. The van der Waals surface area contributed by atoms with Gasteiger partial charge in [0.05, 0.1) is 23.6 Å². The first-order valence-electron chi connectivity index (χ1n) is 8.87. The van der Waals surface area contributed by atoms with Crippen LogP contribution in [0.25, 0.3) is 0 Å². The number of primary amides is 1. The van der Waals surface area contributed by atoms with Crippen molar-refractivity contribution in [1.29, 1.82) is 0 Å². The molecule has 0 aliphatic carbocycles. The van der Waals surface area contributed by atoms with Gasteiger partial charge in [0.2, 0.25) is 5.91 Å². The highest BCUT2D eigenvalue weighted by atomic mass is 32.1. The molecular formula is C20H25N3O4S. The SMILES string of the molecule is CCOC(=O)c1c(NC(=O)CN(C)Cc2ccccc2C)sc(C(N)=O)c1C. The minimum absolute atomic E-state index is 0.124. The summed E-state index contributed by atoms with van der Waals surface area (Å²) in [5.74, 6) is -1.53. The maximum Gasteiger partial charge on any atom is 0.341 e. The van der Waals surface area contributed by atoms with Crippen molar-refractivity contribution >= 4 is 34.1 Å². The van der Waals surface area contributed by atoms with Gasteiger partial charge in [-0.15, -0.1) is 11.3 Å². The Balaban J connectivity index is 2.14. The number of thiophene rings is 1. The van der Waals surface area contributed by atoms with Gasteiger partial charge in [-0.1, -0.05) is 24.3 Å². The molecule has 0 saturated heterocycles. The molecule has 1 aromatic heterocycles. The van der Waals surface area contributed by atoms with E-state index in [2.05, 4.69) is 5.32 Å². The molecule has 1 aromatic carbocycles. The Kier molecular flexibility index (Phi) is 7.31. The van der Waals surface area contributed by atoms with Crippen molar-refractivity contribution in [3.63, 3.8) is 0 Å². The molecule has 0 aliphatic heterocycles. The fourth-order valence-corrected chi connectivity index (χ4v) is 3.89. The first-order valence-corrected chi connectivity index (χ1v) is 9.69. The highest BCUT2D eigenvalue weighted by Crippen LogP contribution is 2.33. The molecule has 0 spiro atoms. The Morgan fingerprint density at radius 1 is 1.21 bits per heavy atom. The normalized spacial score (nSPS) is 10.8. The summed E-state index contributed by atoms with van der Waals surface area (Å²) in [6.07, 6.45) is 0. The van der Waals surface area contributed by atoms with Crippen LogP contribution in [-0.4, -0.2) is 42.9 Å². The lowest BCUT2D eigenvalue weighted by molar-refractivity contribution is -0.117. The van der Waals surface area contributed by atoms with E-state index in [0.29, 0.717) is 12.1 Å². The molecule has 3 N–H and O–H groups in total. The highest BCUT2D eigenvalue weighted by molar-refractivity contribution is 7.18. The lowest BCUT2D eigenvalue weighted by Gasteiger charge is -2.17. The number of hydrogen-bond donors (Lipinski definition) is 2. The van der Waals surface area contributed by atoms with E-state index in [1.54, 1.807) is 13.8 Å². The minimum atomic E-state index is -0.648. The van der Waals surface area contributed by atoms with E-state index < -0.39 is 11.9 Å². The Morgan fingerprint density at radius 3 is 2.50 bits per heavy atom. The third-order valence-corrected chi connectivity index (χ3v) is 5.44. The second kappa shape index (κ2) is 9.48. The van der Waals surface area contributed by atoms with Crippen LogP contribution in [0.15, 0.2) is 24.3 Å². The van der Waals surface area contributed by atoms with Crippen molar-refractivity contribution in [3.05, 3.63) is 51.4 Å². The number of hydrogen-bond acceptors (Lipinski definition) is 6. The summed E-state index contributed by atoms with van der Waals surface area (Å²) in [7, 11) is 1.84. The zero-order valence-electron chi connectivity index (χ0n) is 16.5. The molecule has 0 bridgehead atoms. The number of nitrogens with two attached hydrogens (primary N) is 1. The van der Waals surface area contributed by atoms with Gasteiger partial charge in [-0.2, -0.15) is 0 Å². The molecule has 0 atom stereocenters. The van der Waals surface area contributed by atoms with Crippen molar-refractivity contribution in [2.24, 2.45) is 5.73 Å². The number of anilines is 1. The molecule has 0 fully saturated rings. The Morgan fingerprint density at radius 2 is 1.89 bits per heavy atom. The van der Waals surface area contributed by atoms with Gasteiger partial charge < -0.3 is 15.8 Å². The zero-order chi connectivity index (χ0) is 20.8. The third kappa shape index (κ3) is 5.17. The largest absolute Gasteiger partial charge is 0.462 e. The van der Waals surface area contributed by atoms with Gasteiger partial charge in [-0.05, 0) is 44.5 Å². The molecule has 0 saturated carbocycles. The van der Waals surface area contributed by atoms with Crippen molar-refractivity contribution in [2.45, 2.75) is 27.3 Å². The van der Waals surface area contributed by atoms with Crippen LogP contribution in [0.5, 0.6) is 0 Å². The summed E-state index contributed by atoms with van der Waals surface area (Å²) in [5, 5.41) is 3.00. The van der Waals surface area contributed by atoms with E-state index >= 15 is 0 Å². The smallest absolute Gasteiger partial charge is 0.341 e. The van der Waals surface area contributed by atoms with Crippen LogP contribution in [0.3, 0.4) is 0 Å². The zero-order valence-corrected chi connectivity index (χ0v) is 17.3. The fraction of sp³-hybridized carbons (Fsp3) is 0.350. The molecule has 0 aliphatic rings. The van der Waals surface area contributed by atoms with Crippen LogP contribution < -0.4 is 11.1 Å². The number of carbonyl (C=O) groups excluding carboxylic acids is 3. The van der Waals surface area contributed by atoms with Crippen LogP contribution >= 0.6 is 11.3 Å². The molecule has 0 radical (unpaired) electrons. The van der Waals surface area contributed by atoms with Crippen LogP contribution in [-0.2, 0) is 16.1 Å². The molecule has 28 heavy (non-hydrogen) atoms. The van der Waals surface area contributed by atoms with E-state index in [-0.39, 0.29) is 34.5 Å². The topological polar surface area (TPSA) is 102 Å². The fourth-order valence-electron chi connectivity index (χ4n) is 2.83. The minimum Gasteiger partial charge on any atom is -0.462 e. The number of benzene rings is 1. The quantitative estimate of drug-likeness (QED) is 0.660. The lowest BCUT2D eigenvalue weighted by atomic mass is 10.1. The predicted molar refractivity (Wildman–Crippen MR) is 110 cm³/mol. The van der Waals surface area contributed by atoms with Crippen LogP contribution in [0.1, 0.15) is 43.6 Å². The molecule has 1 heterocycles. The summed E-state index contributed by atoms with van der Waals surface area (Å²) in [5.41, 5.74) is 8.26. The number of nitrogens with zero attached hydrogens (tertiary/aromatic N) is 1. The summed E-state index contributed by atoms with van der Waals surface area (Å²) >= 11 is 0.984. The summed E-state index contributed by atoms with van der Waals surface area (Å²) in [4.78, 5) is 38.5. The molecule has 2 aromatic rings. The van der Waals surface area contributed by atoms with E-state index in [4.69, 9.17) is 10.5 Å². The van der Waals surface area contributed by atoms with Crippen molar-refractivity contribution in [1.82, 2.24) is 4.90 Å². The number of carbonyl (C=O) groups is 3. The van der Waals surface area contributed by atoms with E-state index in [0.717, 1.165) is 22.5 Å². The molecular weight excluding hydrogens is 378 g/mol. The number of ether oxygens (including phenoxy) is 1. The average Bonchev–Trinajstić information content (AvgIpc) is 2.93. The Bertz CT molecular complexity index is 892. The maximum absolute atomic E-state index is 12.5. The summed E-state index contributed by atoms with van der Waals surface area (Å²) in [6, 6.07) is 7.97. The van der Waals surface area contributed by atoms with Crippen LogP contribution in [0.2, 0.25) is 0 Å². The van der Waals surface area contributed by atoms with Crippen LogP contribution in [0.4, 0.5) is 5.00 Å². The first kappa shape index (κ1) is 21.6. The van der Waals surface area contributed by atoms with Gasteiger partial charge in [-0.3, -0.25) is 14.5 Å². The second-order valence-corrected chi connectivity index (χ2v) is 7.51. The van der Waals surface area contributed by atoms with Crippen molar-refractivity contribution in [2.75, 3.05) is 25.5 Å². The molecule has 150 valence electrons. The maximum atomic E-state index is 12.5. The van der Waals surface area contributed by atoms with Gasteiger partial charge in [0.1, 0.15) is 5.00 Å². The molecule has 2 rings (SSSR count). The second-order valence-electron chi connectivity index (χ2n) is 6.49. The van der Waals surface area contributed by atoms with Crippen LogP contribution in [0, 0.1) is 13.8 Å². The van der Waals surface area contributed by atoms with Crippen molar-refractivity contribution < 1.29 is 19.1 Å². The number of aryl methyl sites for hydroxylation is 1. The summed E-state index contributed by atoms with van der Waals surface area (Å²) in [6.45, 7) is 6.25. The molecule has 0 unspecified atom stereocenters. The van der Waals surface area contributed by atoms with E-state index in [1.807, 2.05) is 43.1 Å². The van der Waals surface area contributed by atoms with E-state index in [9.17, 15) is 14.4 Å². The predicted octanol–water partition coefficient (Wildman–Crippen LogP) is 2.71. The number of esters is 1. The highest BCUT2D eigenvalue weighted by Gasteiger charge is 2.25. The van der Waals surface area contributed by atoms with Crippen molar-refractivity contribution in [3.8, 4) is 0 Å². The molecule has 8 heteroatoms. The van der Waals surface area contributed by atoms with Gasteiger partial charge >= 0.3 is 5.97 Å². The third-order valence-electron chi connectivity index (χ3n) is 4.22. The first-order chi connectivity index (χ1) is 13.2. The van der Waals surface area contributed by atoms with Gasteiger partial charge in [0.15, 0.2) is 0 Å². The molecule has 2 amide bonds. The standard InChI is InChI=1S/C20H25N3O4S/c1-5-27-20(26)16-13(3)17(18(21)25)28-19(16)22-15(24)11-23(4)10-14-9-7-6-8-12(14)2/h6-9H,5,10-11H2,1-4H3,(H2,21,25)(H,22,24). The molecule has 7 nitrogen and oxygen atoms in total. The van der Waals surface area contributed by atoms with Gasteiger partial charge in [-0.25, -0.2) is 4.79 Å². The number of rotatable bonds is 8. The Hall–Kier alpha value is -2.71. The number of nitrogens with one attached hydrogen (secondary N) is 1. The summed E-state index contributed by atoms with van der Waals surface area (Å²) < 4.78 is 5.05. The number of likely N-dealkylation sites (N-methyl/N-ethyl adjacent to an activating group) is 1.